The molecule has 0 saturated heterocycles. The summed E-state index contributed by atoms with van der Waals surface area (Å²) >= 11 is 12.1. The van der Waals surface area contributed by atoms with Gasteiger partial charge in [-0.25, -0.2) is 9.78 Å². The van der Waals surface area contributed by atoms with E-state index in [2.05, 4.69) is 4.98 Å². The third kappa shape index (κ3) is 4.80. The van der Waals surface area contributed by atoms with Gasteiger partial charge in [-0.2, -0.15) is 0 Å². The molecule has 0 amide bonds. The van der Waals surface area contributed by atoms with Crippen LogP contribution in [0.1, 0.15) is 17.5 Å². The van der Waals surface area contributed by atoms with Crippen LogP contribution in [0, 0.1) is 0 Å². The summed E-state index contributed by atoms with van der Waals surface area (Å²) in [6.07, 6.45) is 2.13. The second kappa shape index (κ2) is 9.79. The standard InChI is InChI=1S/C24H21Cl2N3O4/c1-28-22-21(23(31)29(24(28)32)10-3-11-30)19(12-15-6-8-16(25)9-7-15)20(14-27-22)33-18-5-2-4-17(26)13-18/h2,4-9,13-14,30H,3,10-12H2,1H3. The van der Waals surface area contributed by atoms with Gasteiger partial charge >= 0.3 is 5.69 Å². The summed E-state index contributed by atoms with van der Waals surface area (Å²) in [7, 11) is 1.57. The average molecular weight is 486 g/mol. The highest BCUT2D eigenvalue weighted by Crippen LogP contribution is 2.31. The molecule has 7 nitrogen and oxygen atoms in total. The first kappa shape index (κ1) is 23.0. The number of pyridine rings is 1. The first-order valence-electron chi connectivity index (χ1n) is 10.3. The Labute approximate surface area is 199 Å². The third-order valence-corrected chi connectivity index (χ3v) is 5.77. The molecule has 0 radical (unpaired) electrons. The van der Waals surface area contributed by atoms with Crippen molar-refractivity contribution in [2.24, 2.45) is 7.05 Å². The van der Waals surface area contributed by atoms with Crippen LogP contribution in [0.3, 0.4) is 0 Å². The van der Waals surface area contributed by atoms with E-state index in [0.29, 0.717) is 33.5 Å². The number of aromatic nitrogens is 3. The molecule has 0 atom stereocenters. The van der Waals surface area contributed by atoms with Crippen molar-refractivity contribution in [2.75, 3.05) is 6.61 Å². The normalized spacial score (nSPS) is 11.2. The Bertz CT molecular complexity index is 1430. The molecule has 2 aromatic heterocycles. The Morgan fingerprint density at radius 2 is 1.82 bits per heavy atom. The molecular formula is C24H21Cl2N3O4. The predicted molar refractivity (Wildman–Crippen MR) is 129 cm³/mol. The van der Waals surface area contributed by atoms with Gasteiger partial charge in [0.2, 0.25) is 0 Å². The molecular weight excluding hydrogens is 465 g/mol. The fraction of sp³-hybridized carbons (Fsp3) is 0.208. The van der Waals surface area contributed by atoms with Gasteiger partial charge in [-0.3, -0.25) is 13.9 Å². The number of halogens is 2. The van der Waals surface area contributed by atoms with E-state index in [0.717, 1.165) is 10.1 Å². The van der Waals surface area contributed by atoms with Crippen LogP contribution in [0.25, 0.3) is 11.0 Å². The Kier molecular flexibility index (Phi) is 6.83. The Morgan fingerprint density at radius 1 is 1.06 bits per heavy atom. The fourth-order valence-corrected chi connectivity index (χ4v) is 3.95. The smallest absolute Gasteiger partial charge is 0.332 e. The molecule has 4 rings (SSSR count). The van der Waals surface area contributed by atoms with Gasteiger partial charge in [-0.1, -0.05) is 41.4 Å². The van der Waals surface area contributed by atoms with Crippen molar-refractivity contribution in [3.63, 3.8) is 0 Å². The van der Waals surface area contributed by atoms with Crippen LogP contribution in [0.4, 0.5) is 0 Å². The van der Waals surface area contributed by atoms with E-state index in [4.69, 9.17) is 27.9 Å². The average Bonchev–Trinajstić information content (AvgIpc) is 2.80. The molecule has 0 spiro atoms. The zero-order valence-corrected chi connectivity index (χ0v) is 19.3. The van der Waals surface area contributed by atoms with Crippen LogP contribution in [-0.2, 0) is 20.0 Å². The topological polar surface area (TPSA) is 86.3 Å². The third-order valence-electron chi connectivity index (χ3n) is 5.28. The van der Waals surface area contributed by atoms with Gasteiger partial charge < -0.3 is 9.84 Å². The largest absolute Gasteiger partial charge is 0.455 e. The van der Waals surface area contributed by atoms with E-state index < -0.39 is 11.2 Å². The molecule has 0 saturated carbocycles. The van der Waals surface area contributed by atoms with Gasteiger partial charge in [0.15, 0.2) is 0 Å². The van der Waals surface area contributed by atoms with Crippen molar-refractivity contribution >= 4 is 34.2 Å². The minimum atomic E-state index is -0.491. The van der Waals surface area contributed by atoms with Crippen LogP contribution in [-0.4, -0.2) is 25.8 Å². The van der Waals surface area contributed by atoms with Crippen molar-refractivity contribution in [2.45, 2.75) is 19.4 Å². The number of fused-ring (bicyclic) bond motifs is 1. The van der Waals surface area contributed by atoms with Gasteiger partial charge in [0.25, 0.3) is 5.56 Å². The summed E-state index contributed by atoms with van der Waals surface area (Å²) < 4.78 is 8.55. The molecule has 9 heteroatoms. The summed E-state index contributed by atoms with van der Waals surface area (Å²) in [6, 6.07) is 14.2. The number of aryl methyl sites for hydroxylation is 1. The van der Waals surface area contributed by atoms with Gasteiger partial charge in [0, 0.05) is 42.2 Å². The van der Waals surface area contributed by atoms with Crippen LogP contribution in [0.2, 0.25) is 10.0 Å². The molecule has 0 fully saturated rings. The molecule has 1 N–H and O–H groups in total. The van der Waals surface area contributed by atoms with Gasteiger partial charge in [0.05, 0.1) is 11.6 Å². The second-order valence-corrected chi connectivity index (χ2v) is 8.41. The number of nitrogens with zero attached hydrogens (tertiary/aromatic N) is 3. The number of ether oxygens (including phenoxy) is 1. The highest BCUT2D eigenvalue weighted by Gasteiger charge is 2.20. The highest BCUT2D eigenvalue weighted by molar-refractivity contribution is 6.30. The Morgan fingerprint density at radius 3 is 2.52 bits per heavy atom. The van der Waals surface area contributed by atoms with Crippen molar-refractivity contribution in [1.29, 1.82) is 0 Å². The van der Waals surface area contributed by atoms with Crippen molar-refractivity contribution in [3.8, 4) is 11.5 Å². The van der Waals surface area contributed by atoms with E-state index in [1.54, 1.807) is 43.4 Å². The maximum absolute atomic E-state index is 13.5. The van der Waals surface area contributed by atoms with Crippen LogP contribution in [0.5, 0.6) is 11.5 Å². The van der Waals surface area contributed by atoms with E-state index in [1.165, 1.54) is 10.8 Å². The number of benzene rings is 2. The van der Waals surface area contributed by atoms with E-state index in [9.17, 15) is 14.7 Å². The zero-order valence-electron chi connectivity index (χ0n) is 17.8. The summed E-state index contributed by atoms with van der Waals surface area (Å²) in [5, 5.41) is 10.6. The van der Waals surface area contributed by atoms with E-state index in [-0.39, 0.29) is 30.6 Å². The summed E-state index contributed by atoms with van der Waals surface area (Å²) in [5.41, 5.74) is 0.773. The molecule has 0 aliphatic heterocycles. The van der Waals surface area contributed by atoms with Crippen LogP contribution in [0.15, 0.2) is 64.3 Å². The van der Waals surface area contributed by atoms with Crippen molar-refractivity contribution in [3.05, 3.63) is 96.7 Å². The molecule has 0 unspecified atom stereocenters. The van der Waals surface area contributed by atoms with E-state index in [1.807, 2.05) is 12.1 Å². The number of aliphatic hydroxyl groups excluding tert-OH is 1. The quantitative estimate of drug-likeness (QED) is 0.424. The lowest BCUT2D eigenvalue weighted by atomic mass is 10.0. The van der Waals surface area contributed by atoms with Gasteiger partial charge in [-0.05, 0) is 42.3 Å². The van der Waals surface area contributed by atoms with Crippen molar-refractivity contribution in [1.82, 2.24) is 14.1 Å². The predicted octanol–water partition coefficient (Wildman–Crippen LogP) is 4.17. The lowest BCUT2D eigenvalue weighted by Crippen LogP contribution is -2.40. The fourth-order valence-electron chi connectivity index (χ4n) is 3.65. The maximum Gasteiger partial charge on any atom is 0.332 e. The second-order valence-electron chi connectivity index (χ2n) is 7.54. The van der Waals surface area contributed by atoms with Crippen LogP contribution >= 0.6 is 23.2 Å². The first-order valence-corrected chi connectivity index (χ1v) is 11.0. The molecule has 2 heterocycles. The van der Waals surface area contributed by atoms with Gasteiger partial charge in [0.1, 0.15) is 17.1 Å². The summed E-state index contributed by atoms with van der Waals surface area (Å²) in [6.45, 7) is -0.0425. The first-order chi connectivity index (χ1) is 15.9. The number of hydrogen-bond donors (Lipinski definition) is 1. The molecule has 4 aromatic rings. The molecule has 0 aliphatic rings. The van der Waals surface area contributed by atoms with E-state index >= 15 is 0 Å². The minimum Gasteiger partial charge on any atom is -0.455 e. The zero-order chi connectivity index (χ0) is 23.5. The molecule has 33 heavy (non-hydrogen) atoms. The summed E-state index contributed by atoms with van der Waals surface area (Å²) in [4.78, 5) is 30.6. The monoisotopic (exact) mass is 485 g/mol. The minimum absolute atomic E-state index is 0.0949. The van der Waals surface area contributed by atoms with Crippen molar-refractivity contribution < 1.29 is 9.84 Å². The van der Waals surface area contributed by atoms with Crippen LogP contribution < -0.4 is 16.0 Å². The molecule has 0 bridgehead atoms. The van der Waals surface area contributed by atoms with Gasteiger partial charge in [-0.15, -0.1) is 0 Å². The molecule has 0 aliphatic carbocycles. The lowest BCUT2D eigenvalue weighted by Gasteiger charge is -2.16. The number of hydrogen-bond acceptors (Lipinski definition) is 5. The Hall–Kier alpha value is -3.13. The Balaban J connectivity index is 1.97. The summed E-state index contributed by atoms with van der Waals surface area (Å²) in [5.74, 6) is 0.871. The molecule has 2 aromatic carbocycles. The number of rotatable bonds is 7. The number of aliphatic hydroxyl groups is 1. The maximum atomic E-state index is 13.5. The SMILES string of the molecule is Cn1c(=O)n(CCCO)c(=O)c2c(Cc3ccc(Cl)cc3)c(Oc3cccc(Cl)c3)cnc21. The molecule has 170 valence electrons. The highest BCUT2D eigenvalue weighted by atomic mass is 35.5. The lowest BCUT2D eigenvalue weighted by molar-refractivity contribution is 0.277.